The Hall–Kier alpha value is -3.26. The number of aldehydes is 1. The lowest BCUT2D eigenvalue weighted by Gasteiger charge is -2.34. The Kier molecular flexibility index (Phi) is 6.50. The van der Waals surface area contributed by atoms with Crippen molar-refractivity contribution in [2.75, 3.05) is 0 Å². The monoisotopic (exact) mass is 422 g/mol. The van der Waals surface area contributed by atoms with Crippen molar-refractivity contribution in [3.8, 4) is 0 Å². The molecule has 3 aromatic carbocycles. The fourth-order valence-electron chi connectivity index (χ4n) is 5.57. The molecule has 1 fully saturated rings. The largest absolute Gasteiger partial charge is 0.298 e. The zero-order chi connectivity index (χ0) is 22.6. The van der Waals surface area contributed by atoms with Crippen LogP contribution in [0.25, 0.3) is 6.08 Å². The SMILES string of the molecule is CCC[C@@H]1C(=O)[C@@](C)(/C(C=O)=C/c2ccccc2)[C@H](c2ccccc2)[C@H]1c1ccccc1. The zero-order valence-corrected chi connectivity index (χ0v) is 18.8. The summed E-state index contributed by atoms with van der Waals surface area (Å²) in [6.45, 7) is 4.12. The van der Waals surface area contributed by atoms with Crippen LogP contribution in [0, 0.1) is 11.3 Å². The van der Waals surface area contributed by atoms with Gasteiger partial charge < -0.3 is 0 Å². The van der Waals surface area contributed by atoms with Gasteiger partial charge in [-0.05, 0) is 36.1 Å². The lowest BCUT2D eigenvalue weighted by molar-refractivity contribution is -0.128. The second kappa shape index (κ2) is 9.48. The molecule has 3 aromatic rings. The standard InChI is InChI=1S/C30H30O2/c1-3-13-26-27(23-16-9-5-10-17-23)28(24-18-11-6-12-19-24)30(2,29(26)32)25(21-31)20-22-14-7-4-8-15-22/h4-12,14-21,26-28H,3,13H2,1-2H3/b25-20+/t26-,27-,28+,30-/m0/s1. The number of hydrogen-bond donors (Lipinski definition) is 0. The molecule has 0 heterocycles. The lowest BCUT2D eigenvalue weighted by Crippen LogP contribution is -2.32. The number of hydrogen-bond acceptors (Lipinski definition) is 2. The number of ketones is 1. The third-order valence-corrected chi connectivity index (χ3v) is 7.05. The van der Waals surface area contributed by atoms with Crippen LogP contribution in [0.1, 0.15) is 55.2 Å². The molecule has 0 aliphatic heterocycles. The minimum atomic E-state index is -0.903. The predicted octanol–water partition coefficient (Wildman–Crippen LogP) is 6.84. The molecule has 0 spiro atoms. The number of carbonyl (C=O) groups is 2. The summed E-state index contributed by atoms with van der Waals surface area (Å²) >= 11 is 0. The summed E-state index contributed by atoms with van der Waals surface area (Å²) in [6, 6.07) is 30.4. The molecule has 0 aromatic heterocycles. The van der Waals surface area contributed by atoms with Gasteiger partial charge in [0.2, 0.25) is 0 Å². The van der Waals surface area contributed by atoms with Crippen LogP contribution >= 0.6 is 0 Å². The average Bonchev–Trinajstić information content (AvgIpc) is 3.07. The van der Waals surface area contributed by atoms with Gasteiger partial charge in [0, 0.05) is 23.3 Å². The van der Waals surface area contributed by atoms with Crippen molar-refractivity contribution in [1.82, 2.24) is 0 Å². The molecular formula is C30H30O2. The van der Waals surface area contributed by atoms with Gasteiger partial charge in [-0.3, -0.25) is 9.59 Å². The van der Waals surface area contributed by atoms with Crippen LogP contribution in [0.3, 0.4) is 0 Å². The summed E-state index contributed by atoms with van der Waals surface area (Å²) in [4.78, 5) is 26.7. The molecule has 0 amide bonds. The Balaban J connectivity index is 1.95. The molecule has 0 radical (unpaired) electrons. The lowest BCUT2D eigenvalue weighted by atomic mass is 9.67. The van der Waals surface area contributed by atoms with Crippen LogP contribution < -0.4 is 0 Å². The third kappa shape index (κ3) is 3.86. The second-order valence-corrected chi connectivity index (χ2v) is 8.91. The number of carbonyl (C=O) groups excluding carboxylic acids is 2. The van der Waals surface area contributed by atoms with E-state index in [2.05, 4.69) is 31.2 Å². The second-order valence-electron chi connectivity index (χ2n) is 8.91. The molecule has 32 heavy (non-hydrogen) atoms. The fourth-order valence-corrected chi connectivity index (χ4v) is 5.57. The molecule has 0 saturated heterocycles. The van der Waals surface area contributed by atoms with Crippen molar-refractivity contribution < 1.29 is 9.59 Å². The maximum absolute atomic E-state index is 14.2. The molecular weight excluding hydrogens is 392 g/mol. The van der Waals surface area contributed by atoms with Crippen LogP contribution in [-0.2, 0) is 9.59 Å². The summed E-state index contributed by atoms with van der Waals surface area (Å²) < 4.78 is 0. The Morgan fingerprint density at radius 1 is 0.844 bits per heavy atom. The van der Waals surface area contributed by atoms with Gasteiger partial charge in [0.05, 0.1) is 5.41 Å². The van der Waals surface area contributed by atoms with Crippen LogP contribution in [-0.4, -0.2) is 12.1 Å². The van der Waals surface area contributed by atoms with E-state index in [1.807, 2.05) is 79.7 Å². The summed E-state index contributed by atoms with van der Waals surface area (Å²) in [5.74, 6) is -0.0430. The smallest absolute Gasteiger partial charge is 0.147 e. The summed E-state index contributed by atoms with van der Waals surface area (Å²) in [5, 5.41) is 0. The number of benzene rings is 3. The molecule has 0 unspecified atom stereocenters. The number of Topliss-reactive ketones (excluding diaryl/α,β-unsaturated/α-hetero) is 1. The third-order valence-electron chi connectivity index (χ3n) is 7.05. The van der Waals surface area contributed by atoms with Crippen LogP contribution in [0.2, 0.25) is 0 Å². The van der Waals surface area contributed by atoms with Gasteiger partial charge in [0.15, 0.2) is 0 Å². The first-order valence-electron chi connectivity index (χ1n) is 11.5. The van der Waals surface area contributed by atoms with Gasteiger partial charge in [-0.1, -0.05) is 104 Å². The first kappa shape index (κ1) is 22.0. The molecule has 2 nitrogen and oxygen atoms in total. The summed E-state index contributed by atoms with van der Waals surface area (Å²) in [5.41, 5.74) is 2.87. The minimum absolute atomic E-state index is 0.0233. The zero-order valence-electron chi connectivity index (χ0n) is 18.8. The van der Waals surface area contributed by atoms with E-state index in [-0.39, 0.29) is 23.5 Å². The highest BCUT2D eigenvalue weighted by atomic mass is 16.1. The van der Waals surface area contributed by atoms with E-state index >= 15 is 0 Å². The van der Waals surface area contributed by atoms with E-state index in [1.165, 1.54) is 5.56 Å². The highest BCUT2D eigenvalue weighted by Crippen LogP contribution is 2.61. The normalized spacial score (nSPS) is 25.6. The maximum Gasteiger partial charge on any atom is 0.147 e. The van der Waals surface area contributed by atoms with Gasteiger partial charge in [0.1, 0.15) is 12.1 Å². The Bertz CT molecular complexity index is 1090. The summed E-state index contributed by atoms with van der Waals surface area (Å²) in [7, 11) is 0. The van der Waals surface area contributed by atoms with Gasteiger partial charge in [-0.25, -0.2) is 0 Å². The first-order chi connectivity index (χ1) is 15.6. The van der Waals surface area contributed by atoms with E-state index in [9.17, 15) is 9.59 Å². The molecule has 2 heteroatoms. The molecule has 1 aliphatic carbocycles. The molecule has 0 N–H and O–H groups in total. The Labute approximate surface area is 191 Å². The van der Waals surface area contributed by atoms with E-state index < -0.39 is 5.41 Å². The average molecular weight is 423 g/mol. The molecule has 0 bridgehead atoms. The van der Waals surface area contributed by atoms with Crippen molar-refractivity contribution in [2.24, 2.45) is 11.3 Å². The van der Waals surface area contributed by atoms with Crippen molar-refractivity contribution in [3.63, 3.8) is 0 Å². The molecule has 162 valence electrons. The van der Waals surface area contributed by atoms with Gasteiger partial charge >= 0.3 is 0 Å². The van der Waals surface area contributed by atoms with Crippen molar-refractivity contribution >= 4 is 18.1 Å². The quantitative estimate of drug-likeness (QED) is 0.308. The topological polar surface area (TPSA) is 34.1 Å². The highest BCUT2D eigenvalue weighted by Gasteiger charge is 2.59. The molecule has 4 rings (SSSR count). The van der Waals surface area contributed by atoms with Crippen molar-refractivity contribution in [3.05, 3.63) is 113 Å². The highest BCUT2D eigenvalue weighted by molar-refractivity contribution is 6.02. The van der Waals surface area contributed by atoms with E-state index in [1.54, 1.807) is 0 Å². The Morgan fingerprint density at radius 3 is 1.91 bits per heavy atom. The van der Waals surface area contributed by atoms with E-state index in [4.69, 9.17) is 0 Å². The van der Waals surface area contributed by atoms with Crippen molar-refractivity contribution in [1.29, 1.82) is 0 Å². The maximum atomic E-state index is 14.2. The van der Waals surface area contributed by atoms with Gasteiger partial charge in [0.25, 0.3) is 0 Å². The molecule has 1 aliphatic rings. The predicted molar refractivity (Wildman–Crippen MR) is 130 cm³/mol. The van der Waals surface area contributed by atoms with E-state index in [0.717, 1.165) is 30.3 Å². The Morgan fingerprint density at radius 2 is 1.38 bits per heavy atom. The van der Waals surface area contributed by atoms with Gasteiger partial charge in [-0.15, -0.1) is 0 Å². The fraction of sp³-hybridized carbons (Fsp3) is 0.267. The van der Waals surface area contributed by atoms with Crippen LogP contribution in [0.15, 0.2) is 96.6 Å². The molecule has 1 saturated carbocycles. The van der Waals surface area contributed by atoms with Crippen LogP contribution in [0.4, 0.5) is 0 Å². The van der Waals surface area contributed by atoms with Crippen molar-refractivity contribution in [2.45, 2.75) is 38.5 Å². The number of rotatable bonds is 7. The minimum Gasteiger partial charge on any atom is -0.298 e. The summed E-state index contributed by atoms with van der Waals surface area (Å²) in [6.07, 6.45) is 4.54. The van der Waals surface area contributed by atoms with E-state index in [0.29, 0.717) is 5.57 Å². The van der Waals surface area contributed by atoms with Crippen LogP contribution in [0.5, 0.6) is 0 Å². The van der Waals surface area contributed by atoms with Gasteiger partial charge in [-0.2, -0.15) is 0 Å². The molecule has 4 atom stereocenters. The first-order valence-corrected chi connectivity index (χ1v) is 11.5. The number of allylic oxidation sites excluding steroid dienone is 1.